The van der Waals surface area contributed by atoms with Crippen LogP contribution >= 0.6 is 0 Å². The molecule has 1 saturated carbocycles. The number of para-hydroxylation sites is 3. The molecule has 1 aliphatic heterocycles. The minimum Gasteiger partial charge on any atom is -0.454 e. The Hall–Kier alpha value is -4.21. The summed E-state index contributed by atoms with van der Waals surface area (Å²) >= 11 is 0. The standard InChI is InChI=1S/C26H26N4O6/c1-2-28-23(33)17-9-3-5-11-19(17)29(25(28)35)15-22(32)36-16-21(31)30-20-12-6-4-10-18(20)27-24(34)26(30)13-7-8-14-26/h3-6,9-12H,2,7-8,13-16H2,1H3,(H,27,34). The van der Waals surface area contributed by atoms with Crippen molar-refractivity contribution in [2.24, 2.45) is 0 Å². The Bertz CT molecular complexity index is 1500. The van der Waals surface area contributed by atoms with Gasteiger partial charge in [-0.25, -0.2) is 4.79 Å². The van der Waals surface area contributed by atoms with Gasteiger partial charge in [0.2, 0.25) is 0 Å². The van der Waals surface area contributed by atoms with Gasteiger partial charge < -0.3 is 10.1 Å². The van der Waals surface area contributed by atoms with Crippen LogP contribution < -0.4 is 21.5 Å². The van der Waals surface area contributed by atoms with Crippen LogP contribution in [0, 0.1) is 0 Å². The summed E-state index contributed by atoms with van der Waals surface area (Å²) in [6, 6.07) is 13.6. The highest BCUT2D eigenvalue weighted by molar-refractivity contribution is 6.15. The maximum absolute atomic E-state index is 13.4. The SMILES string of the molecule is CCn1c(=O)c2ccccc2n(CC(=O)OCC(=O)N2c3ccccc3NC(=O)C23CCCC3)c1=O. The van der Waals surface area contributed by atoms with Crippen LogP contribution in [0.1, 0.15) is 32.6 Å². The average Bonchev–Trinajstić information content (AvgIpc) is 3.37. The highest BCUT2D eigenvalue weighted by atomic mass is 16.5. The van der Waals surface area contributed by atoms with Crippen molar-refractivity contribution in [3.05, 3.63) is 69.4 Å². The maximum atomic E-state index is 13.4. The number of ether oxygens (including phenoxy) is 1. The van der Waals surface area contributed by atoms with E-state index in [9.17, 15) is 24.0 Å². The maximum Gasteiger partial charge on any atom is 0.332 e. The number of carbonyl (C=O) groups is 3. The van der Waals surface area contributed by atoms with Gasteiger partial charge >= 0.3 is 11.7 Å². The van der Waals surface area contributed by atoms with E-state index in [1.807, 2.05) is 0 Å². The predicted molar refractivity (Wildman–Crippen MR) is 133 cm³/mol. The number of fused-ring (bicyclic) bond motifs is 2. The van der Waals surface area contributed by atoms with Crippen LogP contribution in [-0.4, -0.2) is 39.1 Å². The Balaban J connectivity index is 1.40. The largest absolute Gasteiger partial charge is 0.454 e. The zero-order valence-corrected chi connectivity index (χ0v) is 19.9. The van der Waals surface area contributed by atoms with E-state index in [1.54, 1.807) is 55.5 Å². The Morgan fingerprint density at radius 2 is 1.67 bits per heavy atom. The number of esters is 1. The first kappa shape index (κ1) is 23.5. The second-order valence-corrected chi connectivity index (χ2v) is 9.04. The van der Waals surface area contributed by atoms with Crippen molar-refractivity contribution < 1.29 is 19.1 Å². The van der Waals surface area contributed by atoms with Crippen molar-refractivity contribution in [3.8, 4) is 0 Å². The number of benzene rings is 2. The summed E-state index contributed by atoms with van der Waals surface area (Å²) in [6.07, 6.45) is 2.66. The number of aromatic nitrogens is 2. The van der Waals surface area contributed by atoms with E-state index in [1.165, 1.54) is 9.47 Å². The van der Waals surface area contributed by atoms with Crippen LogP contribution in [0.3, 0.4) is 0 Å². The topological polar surface area (TPSA) is 120 Å². The molecule has 3 aromatic rings. The zero-order chi connectivity index (χ0) is 25.4. The fourth-order valence-corrected chi connectivity index (χ4v) is 5.31. The molecule has 2 amide bonds. The summed E-state index contributed by atoms with van der Waals surface area (Å²) in [4.78, 5) is 66.2. The first-order valence-corrected chi connectivity index (χ1v) is 12.0. The number of amides is 2. The van der Waals surface area contributed by atoms with Crippen LogP contribution in [-0.2, 0) is 32.2 Å². The third kappa shape index (κ3) is 3.69. The molecule has 2 aromatic carbocycles. The number of rotatable bonds is 5. The molecule has 186 valence electrons. The lowest BCUT2D eigenvalue weighted by atomic mass is 9.90. The molecule has 10 nitrogen and oxygen atoms in total. The molecule has 0 radical (unpaired) electrons. The molecule has 1 N–H and O–H groups in total. The van der Waals surface area contributed by atoms with Crippen molar-refractivity contribution in [2.45, 2.75) is 51.2 Å². The summed E-state index contributed by atoms with van der Waals surface area (Å²) < 4.78 is 7.54. The van der Waals surface area contributed by atoms with Crippen molar-refractivity contribution in [1.29, 1.82) is 0 Å². The Kier molecular flexibility index (Phi) is 5.95. The van der Waals surface area contributed by atoms with E-state index in [-0.39, 0.29) is 12.5 Å². The summed E-state index contributed by atoms with van der Waals surface area (Å²) in [6.45, 7) is 0.774. The van der Waals surface area contributed by atoms with Crippen molar-refractivity contribution in [2.75, 3.05) is 16.8 Å². The molecule has 1 spiro atoms. The van der Waals surface area contributed by atoms with Crippen molar-refractivity contribution in [3.63, 3.8) is 0 Å². The zero-order valence-electron chi connectivity index (χ0n) is 19.9. The van der Waals surface area contributed by atoms with Crippen LogP contribution in [0.2, 0.25) is 0 Å². The van der Waals surface area contributed by atoms with Crippen LogP contribution in [0.25, 0.3) is 10.9 Å². The molecule has 0 unspecified atom stereocenters. The van der Waals surface area contributed by atoms with E-state index in [0.29, 0.717) is 35.1 Å². The van der Waals surface area contributed by atoms with E-state index < -0.39 is 41.8 Å². The Morgan fingerprint density at radius 3 is 2.42 bits per heavy atom. The third-order valence-electron chi connectivity index (χ3n) is 7.02. The summed E-state index contributed by atoms with van der Waals surface area (Å²) in [7, 11) is 0. The van der Waals surface area contributed by atoms with Gasteiger partial charge in [0.1, 0.15) is 12.1 Å². The number of nitrogens with zero attached hydrogens (tertiary/aromatic N) is 3. The normalized spacial score (nSPS) is 16.1. The van der Waals surface area contributed by atoms with E-state index >= 15 is 0 Å². The van der Waals surface area contributed by atoms with Gasteiger partial charge in [-0.2, -0.15) is 0 Å². The summed E-state index contributed by atoms with van der Waals surface area (Å²) in [5.41, 5.74) is -0.664. The highest BCUT2D eigenvalue weighted by Gasteiger charge is 2.52. The Labute approximate surface area is 206 Å². The molecule has 0 atom stereocenters. The molecule has 36 heavy (non-hydrogen) atoms. The van der Waals surface area contributed by atoms with Crippen molar-refractivity contribution in [1.82, 2.24) is 9.13 Å². The number of carbonyl (C=O) groups excluding carboxylic acids is 3. The second kappa shape index (κ2) is 9.10. The second-order valence-electron chi connectivity index (χ2n) is 9.04. The van der Waals surface area contributed by atoms with Gasteiger partial charge in [0.15, 0.2) is 6.61 Å². The molecule has 0 saturated heterocycles. The first-order valence-electron chi connectivity index (χ1n) is 12.0. The molecule has 1 aliphatic carbocycles. The van der Waals surface area contributed by atoms with Crippen LogP contribution in [0.5, 0.6) is 0 Å². The number of hydrogen-bond donors (Lipinski definition) is 1. The predicted octanol–water partition coefficient (Wildman–Crippen LogP) is 2.02. The van der Waals surface area contributed by atoms with E-state index in [0.717, 1.165) is 17.4 Å². The monoisotopic (exact) mass is 490 g/mol. The van der Waals surface area contributed by atoms with Gasteiger partial charge in [-0.15, -0.1) is 0 Å². The van der Waals surface area contributed by atoms with Gasteiger partial charge in [-0.1, -0.05) is 37.1 Å². The third-order valence-corrected chi connectivity index (χ3v) is 7.02. The smallest absolute Gasteiger partial charge is 0.332 e. The summed E-state index contributed by atoms with van der Waals surface area (Å²) in [5.74, 6) is -1.55. The summed E-state index contributed by atoms with van der Waals surface area (Å²) in [5, 5.41) is 3.21. The van der Waals surface area contributed by atoms with Crippen molar-refractivity contribution >= 4 is 40.1 Å². The van der Waals surface area contributed by atoms with E-state index in [4.69, 9.17) is 4.74 Å². The highest BCUT2D eigenvalue weighted by Crippen LogP contribution is 2.45. The fourth-order valence-electron chi connectivity index (χ4n) is 5.31. The molecule has 10 heteroatoms. The molecule has 2 heterocycles. The van der Waals surface area contributed by atoms with Gasteiger partial charge in [0, 0.05) is 6.54 Å². The molecule has 0 bridgehead atoms. The van der Waals surface area contributed by atoms with Crippen LogP contribution in [0.4, 0.5) is 11.4 Å². The van der Waals surface area contributed by atoms with Gasteiger partial charge in [0.25, 0.3) is 17.4 Å². The molecule has 5 rings (SSSR count). The average molecular weight is 491 g/mol. The number of anilines is 2. The lowest BCUT2D eigenvalue weighted by molar-refractivity contribution is -0.149. The number of nitrogens with one attached hydrogen (secondary N) is 1. The molecular formula is C26H26N4O6. The lowest BCUT2D eigenvalue weighted by Crippen LogP contribution is -2.61. The molecular weight excluding hydrogens is 464 g/mol. The lowest BCUT2D eigenvalue weighted by Gasteiger charge is -2.44. The quantitative estimate of drug-likeness (QED) is 0.547. The molecule has 2 aliphatic rings. The molecule has 1 aromatic heterocycles. The Morgan fingerprint density at radius 1 is 0.972 bits per heavy atom. The van der Waals surface area contributed by atoms with Gasteiger partial charge in [0.05, 0.1) is 22.3 Å². The van der Waals surface area contributed by atoms with Gasteiger partial charge in [-0.3, -0.25) is 33.2 Å². The first-order chi connectivity index (χ1) is 17.4. The van der Waals surface area contributed by atoms with E-state index in [2.05, 4.69) is 5.32 Å². The number of hydrogen-bond acceptors (Lipinski definition) is 6. The molecule has 1 fully saturated rings. The minimum absolute atomic E-state index is 0.147. The van der Waals surface area contributed by atoms with Gasteiger partial charge in [-0.05, 0) is 44.0 Å². The van der Waals surface area contributed by atoms with Crippen LogP contribution in [0.15, 0.2) is 58.1 Å². The minimum atomic E-state index is -1.01. The fraction of sp³-hybridized carbons (Fsp3) is 0.346.